The Bertz CT molecular complexity index is 472. The number of aromatic nitrogens is 3. The van der Waals surface area contributed by atoms with Gasteiger partial charge in [0.05, 0.1) is 5.75 Å². The van der Waals surface area contributed by atoms with Gasteiger partial charge in [0.15, 0.2) is 5.16 Å². The minimum absolute atomic E-state index is 0.187. The van der Waals surface area contributed by atoms with Crippen LogP contribution in [0.3, 0.4) is 0 Å². The molecular formula is C11H16N4O3S. The molecule has 1 aromatic heterocycles. The molecule has 0 bridgehead atoms. The highest BCUT2D eigenvalue weighted by atomic mass is 32.2. The molecule has 8 heteroatoms. The van der Waals surface area contributed by atoms with Crippen molar-refractivity contribution >= 4 is 23.6 Å². The zero-order valence-corrected chi connectivity index (χ0v) is 11.5. The van der Waals surface area contributed by atoms with E-state index in [2.05, 4.69) is 10.2 Å². The van der Waals surface area contributed by atoms with Gasteiger partial charge in [0.2, 0.25) is 5.91 Å². The Labute approximate surface area is 115 Å². The fourth-order valence-corrected chi connectivity index (χ4v) is 2.58. The number of rotatable bonds is 7. The molecule has 1 amide bonds. The number of carboxylic acid groups (broad SMARTS) is 1. The molecule has 19 heavy (non-hydrogen) atoms. The molecule has 1 saturated carbocycles. The molecule has 2 rings (SSSR count). The molecule has 0 atom stereocenters. The van der Waals surface area contributed by atoms with Crippen molar-refractivity contribution in [2.24, 2.45) is 0 Å². The largest absolute Gasteiger partial charge is 0.480 e. The highest BCUT2D eigenvalue weighted by Crippen LogP contribution is 2.37. The van der Waals surface area contributed by atoms with Crippen molar-refractivity contribution in [1.29, 1.82) is 0 Å². The summed E-state index contributed by atoms with van der Waals surface area (Å²) in [5.41, 5.74) is 0. The predicted molar refractivity (Wildman–Crippen MR) is 68.9 cm³/mol. The minimum atomic E-state index is -0.999. The quantitative estimate of drug-likeness (QED) is 0.739. The first kappa shape index (κ1) is 13.9. The zero-order chi connectivity index (χ0) is 13.8. The van der Waals surface area contributed by atoms with Crippen LogP contribution < -0.4 is 0 Å². The summed E-state index contributed by atoms with van der Waals surface area (Å²) in [5.74, 6) is -1.01. The van der Waals surface area contributed by atoms with Gasteiger partial charge in [-0.1, -0.05) is 11.8 Å². The summed E-state index contributed by atoms with van der Waals surface area (Å²) >= 11 is 1.31. The van der Waals surface area contributed by atoms with Crippen LogP contribution in [0.15, 0.2) is 11.5 Å². The number of likely N-dealkylation sites (N-methyl/N-ethyl adjacent to an activating group) is 1. The van der Waals surface area contributed by atoms with Crippen molar-refractivity contribution in [3.63, 3.8) is 0 Å². The van der Waals surface area contributed by atoms with Gasteiger partial charge in [-0.2, -0.15) is 0 Å². The highest BCUT2D eigenvalue weighted by Gasteiger charge is 2.26. The summed E-state index contributed by atoms with van der Waals surface area (Å²) in [6.07, 6.45) is 3.93. The van der Waals surface area contributed by atoms with E-state index in [0.29, 0.717) is 12.6 Å². The number of hydrogen-bond donors (Lipinski definition) is 1. The lowest BCUT2D eigenvalue weighted by Crippen LogP contribution is -2.36. The highest BCUT2D eigenvalue weighted by molar-refractivity contribution is 7.99. The summed E-state index contributed by atoms with van der Waals surface area (Å²) in [6.45, 7) is 1.89. The third kappa shape index (κ3) is 3.69. The molecule has 0 radical (unpaired) electrons. The molecule has 0 spiro atoms. The van der Waals surface area contributed by atoms with Crippen LogP contribution in [0.5, 0.6) is 0 Å². The molecule has 0 unspecified atom stereocenters. The minimum Gasteiger partial charge on any atom is -0.480 e. The number of hydrogen-bond acceptors (Lipinski definition) is 5. The third-order valence-corrected chi connectivity index (χ3v) is 3.81. The average Bonchev–Trinajstić information content (AvgIpc) is 3.12. The van der Waals surface area contributed by atoms with E-state index in [1.54, 1.807) is 13.3 Å². The van der Waals surface area contributed by atoms with Crippen molar-refractivity contribution in [1.82, 2.24) is 19.7 Å². The van der Waals surface area contributed by atoms with Crippen LogP contribution in [-0.2, 0) is 9.59 Å². The second-order valence-corrected chi connectivity index (χ2v) is 5.28. The fraction of sp³-hybridized carbons (Fsp3) is 0.636. The molecule has 1 N–H and O–H groups in total. The van der Waals surface area contributed by atoms with E-state index in [4.69, 9.17) is 5.11 Å². The van der Waals surface area contributed by atoms with Gasteiger partial charge in [-0.25, -0.2) is 0 Å². The molecule has 1 heterocycles. The molecule has 1 aliphatic carbocycles. The van der Waals surface area contributed by atoms with Gasteiger partial charge >= 0.3 is 5.97 Å². The lowest BCUT2D eigenvalue weighted by Gasteiger charge is -2.17. The van der Waals surface area contributed by atoms with E-state index in [0.717, 1.165) is 18.0 Å². The second-order valence-electron chi connectivity index (χ2n) is 4.34. The Kier molecular flexibility index (Phi) is 4.41. The first-order chi connectivity index (χ1) is 9.11. The van der Waals surface area contributed by atoms with Gasteiger partial charge in [0, 0.05) is 12.6 Å². The standard InChI is InChI=1S/C11H16N4O3S/c1-2-14(5-10(17)18)9(16)6-19-11-13-12-7-15(11)8-3-4-8/h7-8H,2-6H2,1H3,(H,17,18). The van der Waals surface area contributed by atoms with E-state index in [9.17, 15) is 9.59 Å². The summed E-state index contributed by atoms with van der Waals surface area (Å²) in [6, 6.07) is 0.467. The van der Waals surface area contributed by atoms with Crippen LogP contribution in [0.25, 0.3) is 0 Å². The Balaban J connectivity index is 1.88. The van der Waals surface area contributed by atoms with Gasteiger partial charge in [-0.3, -0.25) is 9.59 Å². The Hall–Kier alpha value is -1.57. The fourth-order valence-electron chi connectivity index (χ4n) is 1.70. The maximum atomic E-state index is 11.9. The summed E-state index contributed by atoms with van der Waals surface area (Å²) in [4.78, 5) is 23.8. The Morgan fingerprint density at radius 2 is 2.32 bits per heavy atom. The van der Waals surface area contributed by atoms with E-state index in [-0.39, 0.29) is 18.2 Å². The third-order valence-electron chi connectivity index (χ3n) is 2.87. The van der Waals surface area contributed by atoms with Crippen LogP contribution in [0.2, 0.25) is 0 Å². The van der Waals surface area contributed by atoms with Crippen LogP contribution >= 0.6 is 11.8 Å². The molecule has 0 saturated heterocycles. The molecule has 104 valence electrons. The van der Waals surface area contributed by atoms with Crippen LogP contribution in [0, 0.1) is 0 Å². The molecule has 1 fully saturated rings. The van der Waals surface area contributed by atoms with Gasteiger partial charge in [-0.15, -0.1) is 10.2 Å². The SMILES string of the molecule is CCN(CC(=O)O)C(=O)CSc1nncn1C1CC1. The van der Waals surface area contributed by atoms with Gasteiger partial charge in [0.1, 0.15) is 12.9 Å². The maximum absolute atomic E-state index is 11.9. The Morgan fingerprint density at radius 3 is 2.89 bits per heavy atom. The predicted octanol–water partition coefficient (Wildman–Crippen LogP) is 0.638. The van der Waals surface area contributed by atoms with Crippen molar-refractivity contribution in [2.45, 2.75) is 31.0 Å². The summed E-state index contributed by atoms with van der Waals surface area (Å²) < 4.78 is 1.98. The number of carbonyl (C=O) groups excluding carboxylic acids is 1. The van der Waals surface area contributed by atoms with E-state index in [1.807, 2.05) is 4.57 Å². The van der Waals surface area contributed by atoms with Crippen molar-refractivity contribution < 1.29 is 14.7 Å². The normalized spacial score (nSPS) is 14.4. The number of amides is 1. The molecule has 7 nitrogen and oxygen atoms in total. The molecule has 1 aliphatic rings. The number of thioether (sulfide) groups is 1. The number of aliphatic carboxylic acids is 1. The first-order valence-corrected chi connectivity index (χ1v) is 7.12. The molecule has 0 aromatic carbocycles. The topological polar surface area (TPSA) is 88.3 Å². The second kappa shape index (κ2) is 6.05. The molecule has 1 aromatic rings. The van der Waals surface area contributed by atoms with Gasteiger partial charge in [-0.05, 0) is 19.8 Å². The summed E-state index contributed by atoms with van der Waals surface area (Å²) in [5, 5.41) is 17.3. The van der Waals surface area contributed by atoms with Crippen molar-refractivity contribution in [3.05, 3.63) is 6.33 Å². The van der Waals surface area contributed by atoms with E-state index in [1.165, 1.54) is 16.7 Å². The lowest BCUT2D eigenvalue weighted by atomic mass is 10.4. The Morgan fingerprint density at radius 1 is 1.58 bits per heavy atom. The van der Waals surface area contributed by atoms with Crippen molar-refractivity contribution in [3.8, 4) is 0 Å². The van der Waals surface area contributed by atoms with Crippen LogP contribution in [-0.4, -0.2) is 55.5 Å². The number of carboxylic acids is 1. The first-order valence-electron chi connectivity index (χ1n) is 6.13. The van der Waals surface area contributed by atoms with Crippen LogP contribution in [0.1, 0.15) is 25.8 Å². The maximum Gasteiger partial charge on any atom is 0.323 e. The zero-order valence-electron chi connectivity index (χ0n) is 10.7. The summed E-state index contributed by atoms with van der Waals surface area (Å²) in [7, 11) is 0. The molecular weight excluding hydrogens is 268 g/mol. The average molecular weight is 284 g/mol. The molecule has 0 aliphatic heterocycles. The van der Waals surface area contributed by atoms with Crippen LogP contribution in [0.4, 0.5) is 0 Å². The van der Waals surface area contributed by atoms with E-state index < -0.39 is 5.97 Å². The van der Waals surface area contributed by atoms with Crippen molar-refractivity contribution in [2.75, 3.05) is 18.8 Å². The number of nitrogens with zero attached hydrogens (tertiary/aromatic N) is 4. The van der Waals surface area contributed by atoms with Gasteiger partial charge < -0.3 is 14.6 Å². The number of carbonyl (C=O) groups is 2. The van der Waals surface area contributed by atoms with Gasteiger partial charge in [0.25, 0.3) is 0 Å². The lowest BCUT2D eigenvalue weighted by molar-refractivity contribution is -0.143. The van der Waals surface area contributed by atoms with E-state index >= 15 is 0 Å². The smallest absolute Gasteiger partial charge is 0.323 e. The monoisotopic (exact) mass is 284 g/mol.